The maximum atomic E-state index is 10.4. The summed E-state index contributed by atoms with van der Waals surface area (Å²) in [4.78, 5) is 40.1. The number of carboxylic acid groups (broad SMARTS) is 4. The Morgan fingerprint density at radius 2 is 0.900 bits per heavy atom. The molecule has 0 bridgehead atoms. The quantitative estimate of drug-likeness (QED) is 0.460. The first-order valence-corrected chi connectivity index (χ1v) is 7.62. The summed E-state index contributed by atoms with van der Waals surface area (Å²) in [5.41, 5.74) is 0. The summed E-state index contributed by atoms with van der Waals surface area (Å²) in [6.07, 6.45) is 1.11. The molecule has 9 heteroatoms. The molecule has 0 aliphatic carbocycles. The fourth-order valence-electron chi connectivity index (χ4n) is 1.10. The monoisotopic (exact) mass is 310 g/mol. The largest absolute Gasteiger partial charge is 0.481 e. The predicted molar refractivity (Wildman–Crippen MR) is 71.6 cm³/mol. The van der Waals surface area contributed by atoms with Crippen LogP contribution in [0.4, 0.5) is 0 Å². The number of hydrogen-bond donors (Lipinski definition) is 4. The Morgan fingerprint density at radius 3 is 1.05 bits per heavy atom. The van der Waals surface area contributed by atoms with Crippen LogP contribution in [-0.2, 0) is 19.2 Å². The van der Waals surface area contributed by atoms with Gasteiger partial charge in [0.1, 0.15) is 0 Å². The molecule has 0 aromatic carbocycles. The van der Waals surface area contributed by atoms with E-state index < -0.39 is 31.8 Å². The highest BCUT2D eigenvalue weighted by atomic mass is 31.1. The highest BCUT2D eigenvalue weighted by Crippen LogP contribution is 2.37. The Kier molecular flexibility index (Phi) is 12.7. The van der Waals surface area contributed by atoms with Gasteiger partial charge < -0.3 is 20.4 Å². The molecule has 0 radical (unpaired) electrons. The number of rotatable bonds is 9. The Balaban J connectivity index is 0. The maximum absolute atomic E-state index is 10.4. The van der Waals surface area contributed by atoms with Crippen molar-refractivity contribution in [2.24, 2.45) is 0 Å². The van der Waals surface area contributed by atoms with Crippen molar-refractivity contribution in [3.63, 3.8) is 0 Å². The lowest BCUT2D eigenvalue weighted by Crippen LogP contribution is -2.07. The first kappa shape index (κ1) is 20.6. The van der Waals surface area contributed by atoms with E-state index in [9.17, 15) is 14.4 Å². The van der Waals surface area contributed by atoms with Crippen LogP contribution in [0, 0.1) is 0 Å². The SMILES string of the molecule is CC(=O)O.O=C(O)CCP(CCC(=O)O)CCC(=O)O. The molecule has 116 valence electrons. The van der Waals surface area contributed by atoms with Crippen molar-refractivity contribution >= 4 is 31.8 Å². The van der Waals surface area contributed by atoms with Crippen LogP contribution in [0.2, 0.25) is 0 Å². The highest BCUT2D eigenvalue weighted by Gasteiger charge is 2.13. The average Bonchev–Trinajstić information content (AvgIpc) is 2.26. The van der Waals surface area contributed by atoms with Crippen molar-refractivity contribution in [2.45, 2.75) is 26.2 Å². The second-order valence-electron chi connectivity index (χ2n) is 3.79. The zero-order valence-corrected chi connectivity index (χ0v) is 12.0. The van der Waals surface area contributed by atoms with Gasteiger partial charge in [0.25, 0.3) is 5.97 Å². The summed E-state index contributed by atoms with van der Waals surface area (Å²) in [5, 5.41) is 32.9. The maximum Gasteiger partial charge on any atom is 0.303 e. The summed E-state index contributed by atoms with van der Waals surface area (Å²) in [7, 11) is -0.801. The zero-order valence-electron chi connectivity index (χ0n) is 11.1. The number of carboxylic acids is 4. The summed E-state index contributed by atoms with van der Waals surface area (Å²) in [6, 6.07) is 0. The van der Waals surface area contributed by atoms with Gasteiger partial charge in [0.15, 0.2) is 0 Å². The second-order valence-corrected chi connectivity index (χ2v) is 6.48. The van der Waals surface area contributed by atoms with Crippen LogP contribution in [0.1, 0.15) is 26.2 Å². The minimum atomic E-state index is -0.932. The molecule has 4 N–H and O–H groups in total. The molecule has 0 saturated carbocycles. The molecule has 0 aromatic rings. The third kappa shape index (κ3) is 21.6. The van der Waals surface area contributed by atoms with Crippen LogP contribution >= 0.6 is 7.92 Å². The molecule has 0 fully saturated rings. The lowest BCUT2D eigenvalue weighted by Gasteiger charge is -2.14. The molecule has 0 heterocycles. The van der Waals surface area contributed by atoms with E-state index in [4.69, 9.17) is 25.2 Å². The van der Waals surface area contributed by atoms with E-state index in [1.165, 1.54) is 0 Å². The van der Waals surface area contributed by atoms with Gasteiger partial charge in [-0.15, -0.1) is 7.92 Å². The molecule has 0 aliphatic rings. The summed E-state index contributed by atoms with van der Waals surface area (Å²) in [6.45, 7) is 1.08. The van der Waals surface area contributed by atoms with Crippen molar-refractivity contribution in [1.29, 1.82) is 0 Å². The molecule has 0 rings (SSSR count). The fourth-order valence-corrected chi connectivity index (χ4v) is 3.29. The third-order valence-electron chi connectivity index (χ3n) is 1.93. The fraction of sp³-hybridized carbons (Fsp3) is 0.636. The molecule has 0 atom stereocenters. The van der Waals surface area contributed by atoms with E-state index in [2.05, 4.69) is 0 Å². The van der Waals surface area contributed by atoms with Gasteiger partial charge in [-0.05, 0) is 18.5 Å². The van der Waals surface area contributed by atoms with Gasteiger partial charge in [-0.1, -0.05) is 0 Å². The normalized spacial score (nSPS) is 9.50. The topological polar surface area (TPSA) is 149 Å². The van der Waals surface area contributed by atoms with Gasteiger partial charge >= 0.3 is 17.9 Å². The molecule has 0 amide bonds. The Morgan fingerprint density at radius 1 is 0.700 bits per heavy atom. The first-order chi connectivity index (χ1) is 9.15. The Labute approximate surface area is 117 Å². The Bertz CT molecular complexity index is 295. The molecule has 20 heavy (non-hydrogen) atoms. The lowest BCUT2D eigenvalue weighted by molar-refractivity contribution is -0.137. The van der Waals surface area contributed by atoms with E-state index >= 15 is 0 Å². The molecule has 0 saturated heterocycles. The van der Waals surface area contributed by atoms with Crippen LogP contribution in [0.5, 0.6) is 0 Å². The molecule has 0 spiro atoms. The van der Waals surface area contributed by atoms with Crippen LogP contribution in [0.15, 0.2) is 0 Å². The first-order valence-electron chi connectivity index (χ1n) is 5.72. The standard InChI is InChI=1S/C9H15O6P.C2H4O2/c10-7(11)1-4-16(5-2-8(12)13)6-3-9(14)15;1-2(3)4/h1-6H2,(H,10,11)(H,12,13)(H,14,15);1H3,(H,3,4). The van der Waals surface area contributed by atoms with Crippen LogP contribution < -0.4 is 0 Å². The van der Waals surface area contributed by atoms with Gasteiger partial charge in [-0.25, -0.2) is 0 Å². The van der Waals surface area contributed by atoms with Gasteiger partial charge in [0.2, 0.25) is 0 Å². The highest BCUT2D eigenvalue weighted by molar-refractivity contribution is 7.57. The zero-order chi connectivity index (χ0) is 16.1. The van der Waals surface area contributed by atoms with Crippen molar-refractivity contribution in [1.82, 2.24) is 0 Å². The minimum Gasteiger partial charge on any atom is -0.481 e. The summed E-state index contributed by atoms with van der Waals surface area (Å²) >= 11 is 0. The van der Waals surface area contributed by atoms with Crippen molar-refractivity contribution < 1.29 is 39.6 Å². The predicted octanol–water partition coefficient (Wildman–Crippen LogP) is 0.983. The molecule has 0 aromatic heterocycles. The summed E-state index contributed by atoms with van der Waals surface area (Å²) in [5.74, 6) is -3.63. The Hall–Kier alpha value is -1.69. The molecular formula is C11H19O8P. The minimum absolute atomic E-state index is 0.0229. The van der Waals surface area contributed by atoms with E-state index in [1.807, 2.05) is 0 Å². The van der Waals surface area contributed by atoms with Crippen molar-refractivity contribution in [2.75, 3.05) is 18.5 Å². The van der Waals surface area contributed by atoms with Crippen LogP contribution in [-0.4, -0.2) is 62.8 Å². The van der Waals surface area contributed by atoms with Crippen molar-refractivity contribution in [3.05, 3.63) is 0 Å². The van der Waals surface area contributed by atoms with Crippen LogP contribution in [0.3, 0.4) is 0 Å². The van der Waals surface area contributed by atoms with Crippen molar-refractivity contribution in [3.8, 4) is 0 Å². The van der Waals surface area contributed by atoms with Gasteiger partial charge in [0.05, 0.1) is 0 Å². The summed E-state index contributed by atoms with van der Waals surface area (Å²) < 4.78 is 0. The van der Waals surface area contributed by atoms with E-state index in [0.29, 0.717) is 18.5 Å². The third-order valence-corrected chi connectivity index (χ3v) is 4.49. The second kappa shape index (κ2) is 12.3. The molecule has 0 unspecified atom stereocenters. The van der Waals surface area contributed by atoms with Gasteiger partial charge in [0, 0.05) is 26.2 Å². The van der Waals surface area contributed by atoms with Crippen LogP contribution in [0.25, 0.3) is 0 Å². The van der Waals surface area contributed by atoms with Gasteiger partial charge in [-0.2, -0.15) is 0 Å². The van der Waals surface area contributed by atoms with E-state index in [0.717, 1.165) is 6.92 Å². The number of hydrogen-bond acceptors (Lipinski definition) is 4. The lowest BCUT2D eigenvalue weighted by atomic mass is 10.5. The average molecular weight is 310 g/mol. The van der Waals surface area contributed by atoms with E-state index in [1.54, 1.807) is 0 Å². The smallest absolute Gasteiger partial charge is 0.303 e. The van der Waals surface area contributed by atoms with E-state index in [-0.39, 0.29) is 19.3 Å². The van der Waals surface area contributed by atoms with Gasteiger partial charge in [-0.3, -0.25) is 19.2 Å². The molecule has 0 aliphatic heterocycles. The molecular weight excluding hydrogens is 291 g/mol. The number of aliphatic carboxylic acids is 4. The number of carbonyl (C=O) groups is 4. The molecule has 8 nitrogen and oxygen atoms in total.